The highest BCUT2D eigenvalue weighted by molar-refractivity contribution is 7.89. The molecular formula is C14H20N2O3S2. The highest BCUT2D eigenvalue weighted by Crippen LogP contribution is 2.28. The Hall–Kier alpha value is -1.15. The average molecular weight is 328 g/mol. The van der Waals surface area contributed by atoms with Gasteiger partial charge in [-0.1, -0.05) is 6.92 Å². The minimum absolute atomic E-state index is 0.302. The number of sulfonamides is 1. The molecular weight excluding hydrogens is 308 g/mol. The van der Waals surface area contributed by atoms with Gasteiger partial charge in [0.15, 0.2) is 0 Å². The van der Waals surface area contributed by atoms with E-state index in [0.29, 0.717) is 18.0 Å². The van der Waals surface area contributed by atoms with E-state index in [1.54, 1.807) is 31.7 Å². The van der Waals surface area contributed by atoms with Crippen molar-refractivity contribution in [2.24, 2.45) is 0 Å². The van der Waals surface area contributed by atoms with Crippen LogP contribution in [0.3, 0.4) is 0 Å². The molecule has 7 heteroatoms. The van der Waals surface area contributed by atoms with Gasteiger partial charge in [0.2, 0.25) is 10.0 Å². The molecule has 0 radical (unpaired) electrons. The van der Waals surface area contributed by atoms with E-state index in [-0.39, 0.29) is 0 Å². The zero-order valence-corrected chi connectivity index (χ0v) is 14.1. The van der Waals surface area contributed by atoms with E-state index in [4.69, 9.17) is 4.42 Å². The Morgan fingerprint density at radius 3 is 2.81 bits per heavy atom. The predicted octanol–water partition coefficient (Wildman–Crippen LogP) is 2.58. The van der Waals surface area contributed by atoms with Gasteiger partial charge in [-0.3, -0.25) is 0 Å². The number of thiophene rings is 1. The summed E-state index contributed by atoms with van der Waals surface area (Å²) >= 11 is 1.52. The van der Waals surface area contributed by atoms with Crippen molar-refractivity contribution in [3.05, 3.63) is 40.0 Å². The summed E-state index contributed by atoms with van der Waals surface area (Å²) in [5.41, 5.74) is 0.835. The monoisotopic (exact) mass is 328 g/mol. The van der Waals surface area contributed by atoms with Gasteiger partial charge in [0.25, 0.3) is 0 Å². The number of hydrogen-bond donors (Lipinski definition) is 1. The van der Waals surface area contributed by atoms with Crippen molar-refractivity contribution in [2.75, 3.05) is 13.6 Å². The Balaban J connectivity index is 2.20. The maximum atomic E-state index is 12.6. The molecule has 2 rings (SSSR count). The molecule has 0 bridgehead atoms. The van der Waals surface area contributed by atoms with Crippen molar-refractivity contribution < 1.29 is 12.8 Å². The molecule has 1 N–H and O–H groups in total. The SMILES string of the molecule is CCNCc1cc(S(=O)(=O)N(C)Cc2ccoc2)c(C)s1. The fraction of sp³-hybridized carbons (Fsp3) is 0.429. The predicted molar refractivity (Wildman–Crippen MR) is 83.8 cm³/mol. The van der Waals surface area contributed by atoms with Crippen LogP contribution in [0.1, 0.15) is 22.2 Å². The van der Waals surface area contributed by atoms with Gasteiger partial charge in [-0.25, -0.2) is 8.42 Å². The zero-order chi connectivity index (χ0) is 15.5. The van der Waals surface area contributed by atoms with Gasteiger partial charge in [0.1, 0.15) is 0 Å². The van der Waals surface area contributed by atoms with Crippen LogP contribution in [0, 0.1) is 6.92 Å². The second-order valence-electron chi connectivity index (χ2n) is 4.81. The number of rotatable bonds is 7. The first-order valence-corrected chi connectivity index (χ1v) is 8.98. The zero-order valence-electron chi connectivity index (χ0n) is 12.4. The molecule has 5 nitrogen and oxygen atoms in total. The van der Waals surface area contributed by atoms with Crippen LogP contribution in [-0.4, -0.2) is 26.3 Å². The topological polar surface area (TPSA) is 62.6 Å². The molecule has 0 saturated heterocycles. The van der Waals surface area contributed by atoms with Crippen LogP contribution in [-0.2, 0) is 23.1 Å². The summed E-state index contributed by atoms with van der Waals surface area (Å²) in [5, 5.41) is 3.21. The normalized spacial score (nSPS) is 12.2. The van der Waals surface area contributed by atoms with Gasteiger partial charge in [-0.05, 0) is 25.6 Å². The molecule has 0 amide bonds. The lowest BCUT2D eigenvalue weighted by molar-refractivity contribution is 0.463. The number of furan rings is 1. The number of aryl methyl sites for hydroxylation is 1. The highest BCUT2D eigenvalue weighted by Gasteiger charge is 2.25. The van der Waals surface area contributed by atoms with Crippen molar-refractivity contribution in [1.82, 2.24) is 9.62 Å². The maximum absolute atomic E-state index is 12.6. The summed E-state index contributed by atoms with van der Waals surface area (Å²) in [7, 11) is -1.89. The molecule has 0 saturated carbocycles. The molecule has 2 aromatic rings. The van der Waals surface area contributed by atoms with E-state index in [1.807, 2.05) is 13.8 Å². The average Bonchev–Trinajstić information content (AvgIpc) is 3.06. The molecule has 116 valence electrons. The molecule has 2 aromatic heterocycles. The van der Waals surface area contributed by atoms with Crippen molar-refractivity contribution >= 4 is 21.4 Å². The second kappa shape index (κ2) is 6.74. The molecule has 0 unspecified atom stereocenters. The molecule has 0 aliphatic rings. The van der Waals surface area contributed by atoms with E-state index in [0.717, 1.165) is 21.9 Å². The van der Waals surface area contributed by atoms with Crippen LogP contribution in [0.5, 0.6) is 0 Å². The fourth-order valence-corrected chi connectivity index (χ4v) is 4.74. The second-order valence-corrected chi connectivity index (χ2v) is 8.16. The van der Waals surface area contributed by atoms with E-state index in [9.17, 15) is 8.42 Å². The lowest BCUT2D eigenvalue weighted by Crippen LogP contribution is -2.26. The molecule has 0 aromatic carbocycles. The van der Waals surface area contributed by atoms with E-state index in [1.165, 1.54) is 15.6 Å². The lowest BCUT2D eigenvalue weighted by Gasteiger charge is -2.16. The van der Waals surface area contributed by atoms with E-state index < -0.39 is 10.0 Å². The van der Waals surface area contributed by atoms with Crippen LogP contribution in [0.25, 0.3) is 0 Å². The van der Waals surface area contributed by atoms with Gasteiger partial charge >= 0.3 is 0 Å². The Morgan fingerprint density at radius 1 is 1.43 bits per heavy atom. The van der Waals surface area contributed by atoms with E-state index >= 15 is 0 Å². The largest absolute Gasteiger partial charge is 0.472 e. The minimum atomic E-state index is -3.48. The third-order valence-corrected chi connectivity index (χ3v) is 6.26. The molecule has 21 heavy (non-hydrogen) atoms. The van der Waals surface area contributed by atoms with Crippen LogP contribution in [0.2, 0.25) is 0 Å². The first-order valence-electron chi connectivity index (χ1n) is 6.72. The molecule has 0 atom stereocenters. The summed E-state index contributed by atoms with van der Waals surface area (Å²) in [6.07, 6.45) is 3.10. The van der Waals surface area contributed by atoms with Gasteiger partial charge in [-0.2, -0.15) is 4.31 Å². The fourth-order valence-electron chi connectivity index (χ4n) is 2.01. The summed E-state index contributed by atoms with van der Waals surface area (Å²) < 4.78 is 31.6. The standard InChI is InChI=1S/C14H20N2O3S2/c1-4-15-8-13-7-14(11(2)20-13)21(17,18)16(3)9-12-5-6-19-10-12/h5-7,10,15H,4,8-9H2,1-3H3. The molecule has 2 heterocycles. The van der Waals surface area contributed by atoms with Gasteiger partial charge in [0.05, 0.1) is 17.4 Å². The quantitative estimate of drug-likeness (QED) is 0.848. The van der Waals surface area contributed by atoms with Gasteiger partial charge in [0, 0.05) is 35.5 Å². The summed E-state index contributed by atoms with van der Waals surface area (Å²) in [5.74, 6) is 0. The van der Waals surface area contributed by atoms with Crippen LogP contribution >= 0.6 is 11.3 Å². The molecule has 0 aliphatic carbocycles. The summed E-state index contributed by atoms with van der Waals surface area (Å²) in [6.45, 7) is 5.73. The number of hydrogen-bond acceptors (Lipinski definition) is 5. The first kappa shape index (κ1) is 16.2. The highest BCUT2D eigenvalue weighted by atomic mass is 32.2. The third-order valence-electron chi connectivity index (χ3n) is 3.15. The van der Waals surface area contributed by atoms with Crippen LogP contribution < -0.4 is 5.32 Å². The Labute approximate surface area is 129 Å². The lowest BCUT2D eigenvalue weighted by atomic mass is 10.3. The Bertz CT molecular complexity index is 675. The minimum Gasteiger partial charge on any atom is -0.472 e. The summed E-state index contributed by atoms with van der Waals surface area (Å²) in [4.78, 5) is 2.25. The molecule has 0 aliphatic heterocycles. The number of nitrogens with one attached hydrogen (secondary N) is 1. The van der Waals surface area contributed by atoms with Crippen molar-refractivity contribution in [3.63, 3.8) is 0 Å². The Kier molecular flexibility index (Phi) is 5.21. The third kappa shape index (κ3) is 3.74. The van der Waals surface area contributed by atoms with Crippen molar-refractivity contribution in [2.45, 2.75) is 31.8 Å². The van der Waals surface area contributed by atoms with Gasteiger partial charge in [-0.15, -0.1) is 11.3 Å². The van der Waals surface area contributed by atoms with Crippen molar-refractivity contribution in [3.8, 4) is 0 Å². The molecule has 0 fully saturated rings. The van der Waals surface area contributed by atoms with Crippen LogP contribution in [0.4, 0.5) is 0 Å². The summed E-state index contributed by atoms with van der Waals surface area (Å²) in [6, 6.07) is 3.53. The molecule has 0 spiro atoms. The van der Waals surface area contributed by atoms with E-state index in [2.05, 4.69) is 5.32 Å². The first-order chi connectivity index (χ1) is 9.95. The maximum Gasteiger partial charge on any atom is 0.244 e. The number of nitrogens with zero attached hydrogens (tertiary/aromatic N) is 1. The van der Waals surface area contributed by atoms with Crippen LogP contribution in [0.15, 0.2) is 34.0 Å². The van der Waals surface area contributed by atoms with Crippen molar-refractivity contribution in [1.29, 1.82) is 0 Å². The Morgan fingerprint density at radius 2 is 2.19 bits per heavy atom. The van der Waals surface area contributed by atoms with Gasteiger partial charge < -0.3 is 9.73 Å². The smallest absolute Gasteiger partial charge is 0.244 e.